The highest BCUT2D eigenvalue weighted by atomic mass is 16.2. The van der Waals surface area contributed by atoms with Crippen LogP contribution in [0.5, 0.6) is 0 Å². The van der Waals surface area contributed by atoms with Crippen molar-refractivity contribution in [3.63, 3.8) is 0 Å². The Morgan fingerprint density at radius 1 is 1.62 bits per heavy atom. The predicted octanol–water partition coefficient (Wildman–Crippen LogP) is 0.994. The Balaban J connectivity index is 2.35. The van der Waals surface area contributed by atoms with Gasteiger partial charge in [-0.3, -0.25) is 4.79 Å². The number of piperidine rings is 1. The molecule has 1 aliphatic heterocycles. The van der Waals surface area contributed by atoms with Crippen LogP contribution in [0.1, 0.15) is 26.7 Å². The van der Waals surface area contributed by atoms with Gasteiger partial charge in [0.05, 0.1) is 6.07 Å². The van der Waals surface area contributed by atoms with E-state index in [-0.39, 0.29) is 5.91 Å². The Hall–Kier alpha value is -1.08. The van der Waals surface area contributed by atoms with E-state index in [1.807, 2.05) is 6.07 Å². The van der Waals surface area contributed by atoms with Crippen molar-refractivity contribution in [3.05, 3.63) is 0 Å². The number of nitriles is 1. The van der Waals surface area contributed by atoms with E-state index in [0.717, 1.165) is 19.5 Å². The van der Waals surface area contributed by atoms with E-state index in [2.05, 4.69) is 17.3 Å². The summed E-state index contributed by atoms with van der Waals surface area (Å²) < 4.78 is 0. The summed E-state index contributed by atoms with van der Waals surface area (Å²) in [5.74, 6) is 0.361. The van der Waals surface area contributed by atoms with E-state index in [4.69, 9.17) is 5.26 Å². The highest BCUT2D eigenvalue weighted by Crippen LogP contribution is 2.16. The number of nitrogens with zero attached hydrogens (tertiary/aromatic N) is 2. The molecule has 0 bridgehead atoms. The number of carbonyl (C=O) groups is 1. The van der Waals surface area contributed by atoms with Crippen molar-refractivity contribution < 1.29 is 4.79 Å². The maximum absolute atomic E-state index is 11.7. The molecule has 0 aromatic heterocycles. The van der Waals surface area contributed by atoms with Crippen LogP contribution in [0.2, 0.25) is 0 Å². The summed E-state index contributed by atoms with van der Waals surface area (Å²) >= 11 is 0. The number of nitrogens with one attached hydrogen (secondary N) is 1. The summed E-state index contributed by atoms with van der Waals surface area (Å²) in [5, 5.41) is 11.7. The average molecular weight is 223 g/mol. The number of rotatable bonds is 3. The van der Waals surface area contributed by atoms with E-state index in [1.54, 1.807) is 13.8 Å². The number of hydrogen-bond donors (Lipinski definition) is 1. The van der Waals surface area contributed by atoms with Gasteiger partial charge in [-0.25, -0.2) is 0 Å². The fourth-order valence-corrected chi connectivity index (χ4v) is 1.95. The third-order valence-electron chi connectivity index (χ3n) is 3.12. The van der Waals surface area contributed by atoms with Gasteiger partial charge in [-0.05, 0) is 46.2 Å². The lowest BCUT2D eigenvalue weighted by Crippen LogP contribution is -2.42. The van der Waals surface area contributed by atoms with Crippen LogP contribution >= 0.6 is 0 Å². The minimum atomic E-state index is -0.916. The van der Waals surface area contributed by atoms with Crippen LogP contribution < -0.4 is 5.32 Å². The Bertz CT molecular complexity index is 293. The normalized spacial score (nSPS) is 22.5. The van der Waals surface area contributed by atoms with Gasteiger partial charge in [-0.2, -0.15) is 5.26 Å². The first-order valence-corrected chi connectivity index (χ1v) is 5.84. The molecule has 16 heavy (non-hydrogen) atoms. The maximum atomic E-state index is 11.7. The van der Waals surface area contributed by atoms with Crippen LogP contribution in [-0.4, -0.2) is 37.5 Å². The second-order valence-electron chi connectivity index (χ2n) is 5.22. The molecule has 1 N–H and O–H groups in total. The molecule has 1 heterocycles. The van der Waals surface area contributed by atoms with Crippen molar-refractivity contribution in [1.29, 1.82) is 5.26 Å². The van der Waals surface area contributed by atoms with Gasteiger partial charge in [0, 0.05) is 13.1 Å². The Labute approximate surface area is 97.6 Å². The third kappa shape index (κ3) is 3.49. The molecule has 4 heteroatoms. The van der Waals surface area contributed by atoms with E-state index >= 15 is 0 Å². The summed E-state index contributed by atoms with van der Waals surface area (Å²) in [6.45, 7) is 6.17. The van der Waals surface area contributed by atoms with E-state index in [1.165, 1.54) is 6.42 Å². The monoisotopic (exact) mass is 223 g/mol. The Kier molecular flexibility index (Phi) is 4.31. The van der Waals surface area contributed by atoms with E-state index in [0.29, 0.717) is 12.5 Å². The zero-order valence-electron chi connectivity index (χ0n) is 10.4. The quantitative estimate of drug-likeness (QED) is 0.776. The fourth-order valence-electron chi connectivity index (χ4n) is 1.95. The van der Waals surface area contributed by atoms with Crippen molar-refractivity contribution in [2.75, 3.05) is 26.7 Å². The number of carbonyl (C=O) groups excluding carboxylic acids is 1. The largest absolute Gasteiger partial charge is 0.354 e. The molecule has 1 saturated heterocycles. The second-order valence-corrected chi connectivity index (χ2v) is 5.22. The summed E-state index contributed by atoms with van der Waals surface area (Å²) in [7, 11) is 2.10. The van der Waals surface area contributed by atoms with Gasteiger partial charge in [0.25, 0.3) is 0 Å². The van der Waals surface area contributed by atoms with Crippen molar-refractivity contribution >= 4 is 5.91 Å². The molecule has 1 amide bonds. The van der Waals surface area contributed by atoms with Gasteiger partial charge in [-0.1, -0.05) is 0 Å². The van der Waals surface area contributed by atoms with Gasteiger partial charge in [0.2, 0.25) is 5.91 Å². The van der Waals surface area contributed by atoms with E-state index < -0.39 is 5.41 Å². The molecule has 4 nitrogen and oxygen atoms in total. The van der Waals surface area contributed by atoms with Gasteiger partial charge in [0.15, 0.2) is 0 Å². The molecule has 1 atom stereocenters. The maximum Gasteiger partial charge on any atom is 0.239 e. The first-order valence-electron chi connectivity index (χ1n) is 5.84. The molecular weight excluding hydrogens is 202 g/mol. The van der Waals surface area contributed by atoms with Crippen LogP contribution in [0.25, 0.3) is 0 Å². The molecule has 90 valence electrons. The lowest BCUT2D eigenvalue weighted by Gasteiger charge is -2.30. The molecule has 0 aromatic carbocycles. The van der Waals surface area contributed by atoms with Gasteiger partial charge >= 0.3 is 0 Å². The van der Waals surface area contributed by atoms with E-state index in [9.17, 15) is 4.79 Å². The smallest absolute Gasteiger partial charge is 0.239 e. The van der Waals surface area contributed by atoms with Crippen LogP contribution in [-0.2, 0) is 4.79 Å². The first-order chi connectivity index (χ1) is 7.45. The molecule has 0 radical (unpaired) electrons. The van der Waals surface area contributed by atoms with Crippen LogP contribution in [0, 0.1) is 22.7 Å². The third-order valence-corrected chi connectivity index (χ3v) is 3.12. The zero-order chi connectivity index (χ0) is 12.2. The zero-order valence-corrected chi connectivity index (χ0v) is 10.4. The Morgan fingerprint density at radius 2 is 2.31 bits per heavy atom. The molecular formula is C12H21N3O. The summed E-state index contributed by atoms with van der Waals surface area (Å²) in [4.78, 5) is 14.0. The van der Waals surface area contributed by atoms with Crippen molar-refractivity contribution in [3.8, 4) is 6.07 Å². The molecule has 1 rings (SSSR count). The number of amides is 1. The van der Waals surface area contributed by atoms with Gasteiger partial charge in [0.1, 0.15) is 5.41 Å². The minimum Gasteiger partial charge on any atom is -0.354 e. The standard InChI is InChI=1S/C12H21N3O/c1-12(2,9-13)11(16)14-7-10-5-4-6-15(3)8-10/h10H,4-8H2,1-3H3,(H,14,16). The highest BCUT2D eigenvalue weighted by Gasteiger charge is 2.28. The van der Waals surface area contributed by atoms with Crippen molar-refractivity contribution in [1.82, 2.24) is 10.2 Å². The highest BCUT2D eigenvalue weighted by molar-refractivity contribution is 5.84. The van der Waals surface area contributed by atoms with Crippen LogP contribution in [0.3, 0.4) is 0 Å². The average Bonchev–Trinajstić information content (AvgIpc) is 2.26. The Morgan fingerprint density at radius 3 is 2.88 bits per heavy atom. The van der Waals surface area contributed by atoms with Crippen molar-refractivity contribution in [2.45, 2.75) is 26.7 Å². The molecule has 0 aliphatic carbocycles. The number of hydrogen-bond acceptors (Lipinski definition) is 3. The lowest BCUT2D eigenvalue weighted by molar-refractivity contribution is -0.127. The van der Waals surface area contributed by atoms with Crippen LogP contribution in [0.15, 0.2) is 0 Å². The topological polar surface area (TPSA) is 56.1 Å². The lowest BCUT2D eigenvalue weighted by atomic mass is 9.93. The molecule has 0 aromatic rings. The molecule has 1 fully saturated rings. The number of likely N-dealkylation sites (tertiary alicyclic amines) is 1. The summed E-state index contributed by atoms with van der Waals surface area (Å²) in [6, 6.07) is 2.02. The molecule has 0 saturated carbocycles. The minimum absolute atomic E-state index is 0.164. The predicted molar refractivity (Wildman–Crippen MR) is 62.6 cm³/mol. The van der Waals surface area contributed by atoms with Gasteiger partial charge < -0.3 is 10.2 Å². The van der Waals surface area contributed by atoms with Crippen LogP contribution in [0.4, 0.5) is 0 Å². The summed E-state index contributed by atoms with van der Waals surface area (Å²) in [6.07, 6.45) is 2.36. The molecule has 1 unspecified atom stereocenters. The van der Waals surface area contributed by atoms with Crippen molar-refractivity contribution in [2.24, 2.45) is 11.3 Å². The second kappa shape index (κ2) is 5.31. The fraction of sp³-hybridized carbons (Fsp3) is 0.833. The first kappa shape index (κ1) is 13.0. The molecule has 0 spiro atoms. The SMILES string of the molecule is CN1CCCC(CNC(=O)C(C)(C)C#N)C1. The summed E-state index contributed by atoms with van der Waals surface area (Å²) in [5.41, 5.74) is -0.916. The molecule has 1 aliphatic rings. The van der Waals surface area contributed by atoms with Gasteiger partial charge in [-0.15, -0.1) is 0 Å².